The third kappa shape index (κ3) is 4.63. The number of nitrogens with one attached hydrogen (secondary N) is 2. The van der Waals surface area contributed by atoms with Crippen LogP contribution in [-0.2, 0) is 10.0 Å². The minimum Gasteiger partial charge on any atom is -0.495 e. The minimum atomic E-state index is -4.18. The first kappa shape index (κ1) is 23.0. The van der Waals surface area contributed by atoms with E-state index in [2.05, 4.69) is 14.9 Å². The number of H-pyrrole nitrogens is 1. The van der Waals surface area contributed by atoms with Gasteiger partial charge in [0.1, 0.15) is 22.5 Å². The van der Waals surface area contributed by atoms with E-state index in [-0.39, 0.29) is 16.5 Å². The van der Waals surface area contributed by atoms with Gasteiger partial charge in [-0.05, 0) is 40.6 Å². The second-order valence-electron chi connectivity index (χ2n) is 7.35. The third-order valence-electron chi connectivity index (χ3n) is 5.28. The van der Waals surface area contributed by atoms with E-state index in [0.717, 1.165) is 5.39 Å². The molecule has 2 N–H and O–H groups in total. The van der Waals surface area contributed by atoms with E-state index in [9.17, 15) is 17.6 Å². The Morgan fingerprint density at radius 2 is 1.97 bits per heavy atom. The quantitative estimate of drug-likeness (QED) is 0.401. The van der Waals surface area contributed by atoms with Crippen LogP contribution in [0.4, 0.5) is 4.39 Å². The number of nitrogens with zero attached hydrogens (tertiary/aromatic N) is 1. The number of aromatic nitrogens is 2. The van der Waals surface area contributed by atoms with Gasteiger partial charge in [0.15, 0.2) is 0 Å². The number of rotatable bonds is 7. The van der Waals surface area contributed by atoms with Crippen LogP contribution in [0.1, 0.15) is 30.3 Å². The van der Waals surface area contributed by atoms with Crippen molar-refractivity contribution in [3.63, 3.8) is 0 Å². The van der Waals surface area contributed by atoms with Crippen LogP contribution in [0.2, 0.25) is 5.02 Å². The number of hydrogen-bond acceptors (Lipinski definition) is 6. The van der Waals surface area contributed by atoms with Crippen molar-refractivity contribution in [3.8, 4) is 5.75 Å². The molecule has 0 bridgehead atoms. The molecule has 0 amide bonds. The van der Waals surface area contributed by atoms with Gasteiger partial charge >= 0.3 is 5.76 Å². The maximum atomic E-state index is 13.7. The van der Waals surface area contributed by atoms with Crippen molar-refractivity contribution < 1.29 is 22.0 Å². The molecular weight excluding hydrogens is 473 g/mol. The molecule has 4 rings (SSSR count). The zero-order chi connectivity index (χ0) is 23.8. The molecule has 1 heterocycles. The van der Waals surface area contributed by atoms with Gasteiger partial charge < -0.3 is 9.15 Å². The Bertz CT molecular complexity index is 1480. The molecule has 0 saturated heterocycles. The van der Waals surface area contributed by atoms with E-state index < -0.39 is 33.6 Å². The minimum absolute atomic E-state index is 0.0468. The highest BCUT2D eigenvalue weighted by Gasteiger charge is 2.33. The summed E-state index contributed by atoms with van der Waals surface area (Å²) in [5.41, 5.74) is 0.703. The SMILES string of the molecule is COc1cc(Cl)ccc1S(=O)(=O)NC(c1n[nH]c(=O)o1)C(C)c1cccc2cc(F)ccc12. The highest BCUT2D eigenvalue weighted by atomic mass is 35.5. The van der Waals surface area contributed by atoms with Gasteiger partial charge in [0, 0.05) is 17.0 Å². The van der Waals surface area contributed by atoms with Crippen molar-refractivity contribution in [1.82, 2.24) is 14.9 Å². The molecule has 2 unspecified atom stereocenters. The molecule has 0 spiro atoms. The molecular formula is C22H19ClFN3O5S. The highest BCUT2D eigenvalue weighted by Crippen LogP contribution is 2.36. The van der Waals surface area contributed by atoms with Crippen molar-refractivity contribution in [2.75, 3.05) is 7.11 Å². The molecule has 0 aliphatic heterocycles. The molecule has 1 aromatic heterocycles. The summed E-state index contributed by atoms with van der Waals surface area (Å²) in [6.07, 6.45) is 0. The Morgan fingerprint density at radius 1 is 1.18 bits per heavy atom. The molecule has 0 aliphatic rings. The zero-order valence-corrected chi connectivity index (χ0v) is 19.1. The smallest absolute Gasteiger partial charge is 0.434 e. The van der Waals surface area contributed by atoms with Crippen LogP contribution in [0.3, 0.4) is 0 Å². The molecule has 8 nitrogen and oxygen atoms in total. The number of fused-ring (bicyclic) bond motifs is 1. The second-order valence-corrected chi connectivity index (χ2v) is 9.47. The number of benzene rings is 3. The number of hydrogen-bond donors (Lipinski definition) is 2. The van der Waals surface area contributed by atoms with Gasteiger partial charge in [0.25, 0.3) is 0 Å². The summed E-state index contributed by atoms with van der Waals surface area (Å²) in [5.74, 6) is -1.89. The first-order valence-corrected chi connectivity index (χ1v) is 11.6. The predicted octanol–water partition coefficient (Wildman–Crippen LogP) is 4.14. The lowest BCUT2D eigenvalue weighted by atomic mass is 9.89. The average Bonchev–Trinajstić information content (AvgIpc) is 3.22. The van der Waals surface area contributed by atoms with Crippen LogP contribution in [0, 0.1) is 5.82 Å². The van der Waals surface area contributed by atoms with Crippen molar-refractivity contribution >= 4 is 32.4 Å². The Hall–Kier alpha value is -3.21. The van der Waals surface area contributed by atoms with Crippen LogP contribution in [0.5, 0.6) is 5.75 Å². The van der Waals surface area contributed by atoms with Crippen LogP contribution in [0.25, 0.3) is 10.8 Å². The van der Waals surface area contributed by atoms with E-state index >= 15 is 0 Å². The van der Waals surface area contributed by atoms with Gasteiger partial charge in [-0.25, -0.2) is 22.7 Å². The lowest BCUT2D eigenvalue weighted by molar-refractivity contribution is 0.380. The number of sulfonamides is 1. The molecule has 4 aromatic rings. The largest absolute Gasteiger partial charge is 0.495 e. The summed E-state index contributed by atoms with van der Waals surface area (Å²) < 4.78 is 53.2. The Balaban J connectivity index is 1.81. The summed E-state index contributed by atoms with van der Waals surface area (Å²) in [5, 5.41) is 7.67. The molecule has 172 valence electrons. The van der Waals surface area contributed by atoms with Crippen LogP contribution >= 0.6 is 11.6 Å². The van der Waals surface area contributed by atoms with E-state index in [0.29, 0.717) is 16.0 Å². The van der Waals surface area contributed by atoms with Gasteiger partial charge in [-0.3, -0.25) is 0 Å². The number of methoxy groups -OCH3 is 1. The number of ether oxygens (including phenoxy) is 1. The number of halogens is 2. The normalized spacial score (nSPS) is 13.7. The lowest BCUT2D eigenvalue weighted by Gasteiger charge is -2.24. The van der Waals surface area contributed by atoms with Gasteiger partial charge in [-0.2, -0.15) is 4.72 Å². The topological polar surface area (TPSA) is 114 Å². The summed E-state index contributed by atoms with van der Waals surface area (Å²) >= 11 is 5.96. The number of aromatic amines is 1. The maximum Gasteiger partial charge on any atom is 0.434 e. The van der Waals surface area contributed by atoms with Gasteiger partial charge in [0.2, 0.25) is 15.9 Å². The standard InChI is InChI=1S/C22H19ClFN3O5S/c1-12(16-5-3-4-13-10-15(24)7-8-17(13)16)20(21-25-26-22(28)32-21)27-33(29,30)19-9-6-14(23)11-18(19)31-2/h3-12,20,27H,1-2H3,(H,26,28). The summed E-state index contributed by atoms with van der Waals surface area (Å²) in [4.78, 5) is 11.5. The van der Waals surface area contributed by atoms with Crippen molar-refractivity contribution in [2.24, 2.45) is 0 Å². The van der Waals surface area contributed by atoms with Crippen LogP contribution < -0.4 is 15.2 Å². The van der Waals surface area contributed by atoms with Crippen molar-refractivity contribution in [3.05, 3.63) is 87.4 Å². The fourth-order valence-electron chi connectivity index (χ4n) is 3.69. The van der Waals surface area contributed by atoms with Gasteiger partial charge in [-0.1, -0.05) is 42.8 Å². The molecule has 3 aromatic carbocycles. The molecule has 11 heteroatoms. The monoisotopic (exact) mass is 491 g/mol. The molecule has 2 atom stereocenters. The molecule has 0 saturated carbocycles. The Labute approximate surface area is 193 Å². The summed E-state index contributed by atoms with van der Waals surface area (Å²) in [7, 11) is -2.85. The van der Waals surface area contributed by atoms with Crippen LogP contribution in [-0.4, -0.2) is 25.7 Å². The fourth-order valence-corrected chi connectivity index (χ4v) is 5.27. The van der Waals surface area contributed by atoms with E-state index in [1.54, 1.807) is 31.2 Å². The van der Waals surface area contributed by atoms with E-state index in [1.807, 2.05) is 0 Å². The van der Waals surface area contributed by atoms with Crippen LogP contribution in [0.15, 0.2) is 68.7 Å². The second kappa shape index (κ2) is 8.97. The molecule has 0 fully saturated rings. The maximum absolute atomic E-state index is 13.7. The lowest BCUT2D eigenvalue weighted by Crippen LogP contribution is -2.32. The highest BCUT2D eigenvalue weighted by molar-refractivity contribution is 7.89. The van der Waals surface area contributed by atoms with Crippen molar-refractivity contribution in [1.29, 1.82) is 0 Å². The van der Waals surface area contributed by atoms with E-state index in [1.165, 1.54) is 37.4 Å². The average molecular weight is 492 g/mol. The molecule has 0 aliphatic carbocycles. The van der Waals surface area contributed by atoms with Gasteiger partial charge in [-0.15, -0.1) is 5.10 Å². The van der Waals surface area contributed by atoms with Gasteiger partial charge in [0.05, 0.1) is 7.11 Å². The molecule has 33 heavy (non-hydrogen) atoms. The Morgan fingerprint density at radius 3 is 2.67 bits per heavy atom. The summed E-state index contributed by atoms with van der Waals surface area (Å²) in [6, 6.07) is 12.6. The first-order chi connectivity index (χ1) is 15.7. The predicted molar refractivity (Wildman–Crippen MR) is 121 cm³/mol. The summed E-state index contributed by atoms with van der Waals surface area (Å²) in [6.45, 7) is 1.75. The van der Waals surface area contributed by atoms with E-state index in [4.69, 9.17) is 20.8 Å². The molecule has 0 radical (unpaired) electrons. The van der Waals surface area contributed by atoms with Crippen molar-refractivity contribution in [2.45, 2.75) is 23.8 Å². The zero-order valence-electron chi connectivity index (χ0n) is 17.5. The third-order valence-corrected chi connectivity index (χ3v) is 7.00. The first-order valence-electron chi connectivity index (χ1n) is 9.79. The fraction of sp³-hybridized carbons (Fsp3) is 0.182. The Kier molecular flexibility index (Phi) is 6.24.